The molecule has 1 heterocycles. The van der Waals surface area contributed by atoms with Gasteiger partial charge >= 0.3 is 0 Å². The number of rotatable bonds is 8. The Morgan fingerprint density at radius 2 is 2.00 bits per heavy atom. The first-order valence-electron chi connectivity index (χ1n) is 6.80. The Hall–Kier alpha value is -0.750. The van der Waals surface area contributed by atoms with Crippen LogP contribution < -0.4 is 4.74 Å². The van der Waals surface area contributed by atoms with Crippen molar-refractivity contribution in [1.82, 2.24) is 9.78 Å². The molecule has 0 saturated heterocycles. The van der Waals surface area contributed by atoms with E-state index in [-0.39, 0.29) is 11.8 Å². The zero-order valence-electron chi connectivity index (χ0n) is 12.5. The van der Waals surface area contributed by atoms with E-state index in [0.29, 0.717) is 25.2 Å². The van der Waals surface area contributed by atoms with E-state index in [0.717, 1.165) is 0 Å². The summed E-state index contributed by atoms with van der Waals surface area (Å²) in [6.07, 6.45) is 4.84. The second-order valence-electron chi connectivity index (χ2n) is 5.43. The Labute approximate surface area is 125 Å². The highest BCUT2D eigenvalue weighted by atomic mass is 35.7. The van der Waals surface area contributed by atoms with Crippen LogP contribution in [0, 0.1) is 5.41 Å². The molecule has 0 atom stereocenters. The van der Waals surface area contributed by atoms with Crippen LogP contribution in [0.5, 0.6) is 5.75 Å². The summed E-state index contributed by atoms with van der Waals surface area (Å²) in [6.45, 7) is 8.27. The topological polar surface area (TPSA) is 61.2 Å². The van der Waals surface area contributed by atoms with Gasteiger partial charge in [-0.05, 0) is 26.7 Å². The molecule has 0 aliphatic carbocycles. The highest BCUT2D eigenvalue weighted by Crippen LogP contribution is 2.30. The van der Waals surface area contributed by atoms with Crippen LogP contribution in [0.25, 0.3) is 0 Å². The molecular formula is C13H23ClN2O3S. The first kappa shape index (κ1) is 17.3. The van der Waals surface area contributed by atoms with Crippen LogP contribution in [0.15, 0.2) is 12.4 Å². The number of hydrogen-bond donors (Lipinski definition) is 0. The first-order valence-corrected chi connectivity index (χ1v) is 9.28. The molecule has 0 aromatic carbocycles. The van der Waals surface area contributed by atoms with Crippen molar-refractivity contribution < 1.29 is 13.2 Å². The van der Waals surface area contributed by atoms with Crippen LogP contribution in [0.3, 0.4) is 0 Å². The molecule has 116 valence electrons. The van der Waals surface area contributed by atoms with Crippen molar-refractivity contribution in [1.29, 1.82) is 0 Å². The van der Waals surface area contributed by atoms with Crippen molar-refractivity contribution >= 4 is 19.7 Å². The Morgan fingerprint density at radius 3 is 2.40 bits per heavy atom. The summed E-state index contributed by atoms with van der Waals surface area (Å²) in [5.74, 6) is 0.573. The van der Waals surface area contributed by atoms with Gasteiger partial charge in [0.25, 0.3) is 0 Å². The summed E-state index contributed by atoms with van der Waals surface area (Å²) in [5.41, 5.74) is -0.458. The van der Waals surface area contributed by atoms with E-state index in [9.17, 15) is 8.42 Å². The fourth-order valence-electron chi connectivity index (χ4n) is 1.98. The smallest absolute Gasteiger partial charge is 0.233 e. The second-order valence-corrected chi connectivity index (χ2v) is 8.21. The van der Waals surface area contributed by atoms with Crippen LogP contribution in [-0.2, 0) is 9.05 Å². The molecule has 0 aliphatic heterocycles. The van der Waals surface area contributed by atoms with Gasteiger partial charge in [0.15, 0.2) is 5.75 Å². The van der Waals surface area contributed by atoms with Crippen molar-refractivity contribution in [3.05, 3.63) is 12.4 Å². The lowest BCUT2D eigenvalue weighted by Crippen LogP contribution is -2.33. The fraction of sp³-hybridized carbons (Fsp3) is 0.769. The number of ether oxygens (including phenoxy) is 1. The predicted octanol–water partition coefficient (Wildman–Crippen LogP) is 3.22. The molecule has 7 heteroatoms. The summed E-state index contributed by atoms with van der Waals surface area (Å²) >= 11 is 0. The highest BCUT2D eigenvalue weighted by Gasteiger charge is 2.32. The average Bonchev–Trinajstić information content (AvgIpc) is 2.82. The molecule has 0 bridgehead atoms. The van der Waals surface area contributed by atoms with Crippen molar-refractivity contribution in [3.63, 3.8) is 0 Å². The standard InChI is InChI=1S/C13H23ClN2O3S/c1-5-13(6-2,10-20(14,17)18)9-19-12-7-15-16(8-12)11(3)4/h7-8,11H,5-6,9-10H2,1-4H3. The minimum absolute atomic E-state index is 0.0765. The number of nitrogens with zero attached hydrogens (tertiary/aromatic N) is 2. The molecular weight excluding hydrogens is 300 g/mol. The second kappa shape index (κ2) is 6.80. The predicted molar refractivity (Wildman–Crippen MR) is 80.8 cm³/mol. The van der Waals surface area contributed by atoms with Crippen LogP contribution >= 0.6 is 10.7 Å². The molecule has 0 amide bonds. The summed E-state index contributed by atoms with van der Waals surface area (Å²) in [6, 6.07) is 0.262. The molecule has 0 saturated carbocycles. The summed E-state index contributed by atoms with van der Waals surface area (Å²) in [7, 11) is 1.86. The third-order valence-electron chi connectivity index (χ3n) is 3.63. The van der Waals surface area contributed by atoms with Crippen LogP contribution in [-0.4, -0.2) is 30.6 Å². The maximum atomic E-state index is 11.4. The third-order valence-corrected chi connectivity index (χ3v) is 4.92. The van der Waals surface area contributed by atoms with Gasteiger partial charge in [0.2, 0.25) is 9.05 Å². The van der Waals surface area contributed by atoms with E-state index in [1.54, 1.807) is 10.9 Å². The van der Waals surface area contributed by atoms with Gasteiger partial charge in [0.05, 0.1) is 24.8 Å². The van der Waals surface area contributed by atoms with Gasteiger partial charge < -0.3 is 4.74 Å². The Bertz CT molecular complexity index is 521. The molecule has 0 aliphatic rings. The molecule has 1 aromatic heterocycles. The quantitative estimate of drug-likeness (QED) is 0.689. The SMILES string of the molecule is CCC(CC)(COc1cnn(C(C)C)c1)CS(=O)(=O)Cl. The van der Waals surface area contributed by atoms with E-state index in [1.165, 1.54) is 0 Å². The lowest BCUT2D eigenvalue weighted by molar-refractivity contribution is 0.155. The Balaban J connectivity index is 2.76. The lowest BCUT2D eigenvalue weighted by atomic mass is 9.85. The monoisotopic (exact) mass is 322 g/mol. The zero-order valence-corrected chi connectivity index (χ0v) is 14.0. The minimum Gasteiger partial charge on any atom is -0.490 e. The van der Waals surface area contributed by atoms with E-state index in [1.807, 2.05) is 33.9 Å². The Kier molecular flexibility index (Phi) is 5.89. The average molecular weight is 323 g/mol. The van der Waals surface area contributed by atoms with Crippen molar-refractivity contribution in [2.75, 3.05) is 12.4 Å². The van der Waals surface area contributed by atoms with Crippen LogP contribution in [0.1, 0.15) is 46.6 Å². The van der Waals surface area contributed by atoms with E-state index < -0.39 is 14.5 Å². The molecule has 0 radical (unpaired) electrons. The van der Waals surface area contributed by atoms with Crippen LogP contribution in [0.4, 0.5) is 0 Å². The van der Waals surface area contributed by atoms with Crippen molar-refractivity contribution in [3.8, 4) is 5.75 Å². The normalized spacial score (nSPS) is 12.9. The molecule has 1 aromatic rings. The lowest BCUT2D eigenvalue weighted by Gasteiger charge is -2.29. The van der Waals surface area contributed by atoms with Gasteiger partial charge in [-0.25, -0.2) is 8.42 Å². The van der Waals surface area contributed by atoms with Crippen LogP contribution in [0.2, 0.25) is 0 Å². The van der Waals surface area contributed by atoms with E-state index in [2.05, 4.69) is 5.10 Å². The Morgan fingerprint density at radius 1 is 1.40 bits per heavy atom. The molecule has 20 heavy (non-hydrogen) atoms. The molecule has 1 rings (SSSR count). The van der Waals surface area contributed by atoms with Crippen molar-refractivity contribution in [2.24, 2.45) is 5.41 Å². The van der Waals surface area contributed by atoms with E-state index in [4.69, 9.17) is 15.4 Å². The third kappa shape index (κ3) is 4.98. The summed E-state index contributed by atoms with van der Waals surface area (Å²) in [5, 5.41) is 4.19. The first-order chi connectivity index (χ1) is 9.21. The number of hydrogen-bond acceptors (Lipinski definition) is 4. The fourth-order valence-corrected chi connectivity index (χ4v) is 3.90. The van der Waals surface area contributed by atoms with Crippen molar-refractivity contribution in [2.45, 2.75) is 46.6 Å². The van der Waals surface area contributed by atoms with Gasteiger partial charge in [-0.15, -0.1) is 0 Å². The maximum Gasteiger partial charge on any atom is 0.233 e. The molecule has 0 fully saturated rings. The molecule has 0 unspecified atom stereocenters. The van der Waals surface area contributed by atoms with E-state index >= 15 is 0 Å². The molecule has 5 nitrogen and oxygen atoms in total. The largest absolute Gasteiger partial charge is 0.490 e. The van der Waals surface area contributed by atoms with Gasteiger partial charge in [0, 0.05) is 22.1 Å². The highest BCUT2D eigenvalue weighted by molar-refractivity contribution is 8.13. The maximum absolute atomic E-state index is 11.4. The molecule has 0 spiro atoms. The van der Waals surface area contributed by atoms with Gasteiger partial charge in [0.1, 0.15) is 0 Å². The zero-order chi connectivity index (χ0) is 15.4. The van der Waals surface area contributed by atoms with Gasteiger partial charge in [-0.3, -0.25) is 4.68 Å². The van der Waals surface area contributed by atoms with Gasteiger partial charge in [-0.1, -0.05) is 13.8 Å². The van der Waals surface area contributed by atoms with Gasteiger partial charge in [-0.2, -0.15) is 5.10 Å². The minimum atomic E-state index is -3.55. The number of halogens is 1. The summed E-state index contributed by atoms with van der Waals surface area (Å²) in [4.78, 5) is 0. The molecule has 0 N–H and O–H groups in total. The summed E-state index contributed by atoms with van der Waals surface area (Å²) < 4.78 is 30.2. The number of aromatic nitrogens is 2.